The first kappa shape index (κ1) is 9.21. The van der Waals surface area contributed by atoms with Crippen LogP contribution in [0.25, 0.3) is 0 Å². The van der Waals surface area contributed by atoms with Crippen LogP contribution in [-0.2, 0) is 14.3 Å². The van der Waals surface area contributed by atoms with E-state index in [0.717, 1.165) is 5.56 Å². The third kappa shape index (κ3) is 1.63. The first-order valence-electron chi connectivity index (χ1n) is 4.17. The van der Waals surface area contributed by atoms with Crippen molar-refractivity contribution in [3.63, 3.8) is 0 Å². The SMILES string of the molecule is O=C1C[C@H](c2cccc(Cl)c2)C(=O)O1. The minimum Gasteiger partial charge on any atom is -0.393 e. The molecule has 0 radical (unpaired) electrons. The van der Waals surface area contributed by atoms with Crippen molar-refractivity contribution in [1.29, 1.82) is 0 Å². The van der Waals surface area contributed by atoms with Crippen molar-refractivity contribution in [2.75, 3.05) is 0 Å². The Morgan fingerprint density at radius 1 is 1.36 bits per heavy atom. The Kier molecular flexibility index (Phi) is 2.25. The second kappa shape index (κ2) is 3.42. The van der Waals surface area contributed by atoms with Crippen LogP contribution < -0.4 is 0 Å². The van der Waals surface area contributed by atoms with Gasteiger partial charge in [-0.15, -0.1) is 0 Å². The summed E-state index contributed by atoms with van der Waals surface area (Å²) in [7, 11) is 0. The smallest absolute Gasteiger partial charge is 0.321 e. The molecule has 4 heteroatoms. The van der Waals surface area contributed by atoms with Gasteiger partial charge in [-0.1, -0.05) is 23.7 Å². The number of benzene rings is 1. The second-order valence-corrected chi connectivity index (χ2v) is 3.54. The van der Waals surface area contributed by atoms with E-state index in [1.165, 1.54) is 0 Å². The van der Waals surface area contributed by atoms with Crippen LogP contribution in [0, 0.1) is 0 Å². The summed E-state index contributed by atoms with van der Waals surface area (Å²) in [6.07, 6.45) is 0.110. The Morgan fingerprint density at radius 2 is 2.14 bits per heavy atom. The predicted octanol–water partition coefficient (Wildman–Crippen LogP) is 1.90. The highest BCUT2D eigenvalue weighted by molar-refractivity contribution is 6.30. The maximum Gasteiger partial charge on any atom is 0.321 e. The zero-order valence-electron chi connectivity index (χ0n) is 7.20. The molecule has 0 aromatic heterocycles. The summed E-state index contributed by atoms with van der Waals surface area (Å²) in [4.78, 5) is 22.1. The molecule has 0 aliphatic carbocycles. The second-order valence-electron chi connectivity index (χ2n) is 3.10. The number of hydrogen-bond donors (Lipinski definition) is 0. The van der Waals surface area contributed by atoms with Crippen LogP contribution in [0.2, 0.25) is 5.02 Å². The van der Waals surface area contributed by atoms with Gasteiger partial charge in [-0.05, 0) is 17.7 Å². The zero-order chi connectivity index (χ0) is 10.1. The highest BCUT2D eigenvalue weighted by Gasteiger charge is 2.34. The number of carbonyl (C=O) groups is 2. The fraction of sp³-hybridized carbons (Fsp3) is 0.200. The van der Waals surface area contributed by atoms with E-state index in [1.807, 2.05) is 0 Å². The van der Waals surface area contributed by atoms with Crippen molar-refractivity contribution in [2.24, 2.45) is 0 Å². The molecule has 0 unspecified atom stereocenters. The van der Waals surface area contributed by atoms with E-state index in [1.54, 1.807) is 24.3 Å². The normalized spacial score (nSPS) is 21.1. The van der Waals surface area contributed by atoms with Crippen LogP contribution in [0.15, 0.2) is 24.3 Å². The molecule has 1 atom stereocenters. The summed E-state index contributed by atoms with van der Waals surface area (Å²) in [5, 5.41) is 0.551. The van der Waals surface area contributed by atoms with Crippen LogP contribution in [-0.4, -0.2) is 11.9 Å². The zero-order valence-corrected chi connectivity index (χ0v) is 7.95. The van der Waals surface area contributed by atoms with Gasteiger partial charge in [-0.2, -0.15) is 0 Å². The number of cyclic esters (lactones) is 2. The molecular formula is C10H7ClO3. The van der Waals surface area contributed by atoms with Crippen molar-refractivity contribution in [2.45, 2.75) is 12.3 Å². The van der Waals surface area contributed by atoms with Crippen LogP contribution in [0.5, 0.6) is 0 Å². The lowest BCUT2D eigenvalue weighted by molar-refractivity contribution is -0.152. The lowest BCUT2D eigenvalue weighted by atomic mass is 9.98. The molecule has 0 spiro atoms. The Labute approximate surface area is 85.6 Å². The fourth-order valence-corrected chi connectivity index (χ4v) is 1.65. The van der Waals surface area contributed by atoms with Crippen LogP contribution in [0.4, 0.5) is 0 Å². The molecule has 1 aliphatic rings. The van der Waals surface area contributed by atoms with Gasteiger partial charge < -0.3 is 4.74 Å². The summed E-state index contributed by atoms with van der Waals surface area (Å²) in [5.74, 6) is -1.45. The molecule has 1 fully saturated rings. The van der Waals surface area contributed by atoms with Crippen LogP contribution in [0.1, 0.15) is 17.9 Å². The molecule has 72 valence electrons. The van der Waals surface area contributed by atoms with E-state index in [9.17, 15) is 9.59 Å². The molecule has 1 aliphatic heterocycles. The van der Waals surface area contributed by atoms with Gasteiger partial charge in [-0.25, -0.2) is 0 Å². The molecule has 1 heterocycles. The van der Waals surface area contributed by atoms with Gasteiger partial charge in [0.05, 0.1) is 12.3 Å². The molecular weight excluding hydrogens is 204 g/mol. The van der Waals surface area contributed by atoms with Gasteiger partial charge in [0.1, 0.15) is 0 Å². The van der Waals surface area contributed by atoms with Crippen molar-refractivity contribution >= 4 is 23.5 Å². The average Bonchev–Trinajstić information content (AvgIpc) is 2.45. The van der Waals surface area contributed by atoms with Crippen molar-refractivity contribution in [1.82, 2.24) is 0 Å². The topological polar surface area (TPSA) is 43.4 Å². The predicted molar refractivity (Wildman–Crippen MR) is 49.9 cm³/mol. The highest BCUT2D eigenvalue weighted by Crippen LogP contribution is 2.28. The molecule has 0 saturated carbocycles. The molecule has 0 bridgehead atoms. The molecule has 1 aromatic rings. The van der Waals surface area contributed by atoms with E-state index in [0.29, 0.717) is 5.02 Å². The van der Waals surface area contributed by atoms with Gasteiger partial charge in [0.25, 0.3) is 0 Å². The Morgan fingerprint density at radius 3 is 2.71 bits per heavy atom. The van der Waals surface area contributed by atoms with E-state index in [-0.39, 0.29) is 6.42 Å². The maximum absolute atomic E-state index is 11.2. The summed E-state index contributed by atoms with van der Waals surface area (Å²) in [5.41, 5.74) is 0.730. The minimum atomic E-state index is -0.489. The maximum atomic E-state index is 11.2. The van der Waals surface area contributed by atoms with Crippen LogP contribution in [0.3, 0.4) is 0 Å². The number of carbonyl (C=O) groups excluding carboxylic acids is 2. The molecule has 2 rings (SSSR count). The lowest BCUT2D eigenvalue weighted by Gasteiger charge is -2.04. The number of hydrogen-bond acceptors (Lipinski definition) is 3. The van der Waals surface area contributed by atoms with Crippen molar-refractivity contribution in [3.05, 3.63) is 34.9 Å². The number of rotatable bonds is 1. The van der Waals surface area contributed by atoms with Crippen LogP contribution >= 0.6 is 11.6 Å². The van der Waals surface area contributed by atoms with E-state index >= 15 is 0 Å². The Balaban J connectivity index is 2.31. The first-order valence-corrected chi connectivity index (χ1v) is 4.54. The van der Waals surface area contributed by atoms with Gasteiger partial charge in [-0.3, -0.25) is 9.59 Å². The van der Waals surface area contributed by atoms with Crippen molar-refractivity contribution < 1.29 is 14.3 Å². The lowest BCUT2D eigenvalue weighted by Crippen LogP contribution is -2.05. The third-order valence-electron chi connectivity index (χ3n) is 2.12. The standard InChI is InChI=1S/C10H7ClO3/c11-7-3-1-2-6(4-7)8-5-9(12)14-10(8)13/h1-4,8H,5H2/t8-/m1/s1. The summed E-state index contributed by atoms with van der Waals surface area (Å²) >= 11 is 5.77. The monoisotopic (exact) mass is 210 g/mol. The molecule has 1 saturated heterocycles. The minimum absolute atomic E-state index is 0.110. The molecule has 0 amide bonds. The highest BCUT2D eigenvalue weighted by atomic mass is 35.5. The van der Waals surface area contributed by atoms with Gasteiger partial charge in [0, 0.05) is 5.02 Å². The van der Waals surface area contributed by atoms with Gasteiger partial charge in [0.2, 0.25) is 0 Å². The van der Waals surface area contributed by atoms with Gasteiger partial charge >= 0.3 is 11.9 Å². The quantitative estimate of drug-likeness (QED) is 0.525. The number of esters is 2. The third-order valence-corrected chi connectivity index (χ3v) is 2.36. The van der Waals surface area contributed by atoms with E-state index in [4.69, 9.17) is 11.6 Å². The summed E-state index contributed by atoms with van der Waals surface area (Å²) in [6, 6.07) is 6.89. The van der Waals surface area contributed by atoms with E-state index < -0.39 is 17.9 Å². The molecule has 14 heavy (non-hydrogen) atoms. The molecule has 3 nitrogen and oxygen atoms in total. The summed E-state index contributed by atoms with van der Waals surface area (Å²) in [6.45, 7) is 0. The van der Waals surface area contributed by atoms with Gasteiger partial charge in [0.15, 0.2) is 0 Å². The molecule has 0 N–H and O–H groups in total. The number of ether oxygens (including phenoxy) is 1. The fourth-order valence-electron chi connectivity index (χ4n) is 1.45. The first-order chi connectivity index (χ1) is 6.66. The Bertz CT molecular complexity index is 400. The largest absolute Gasteiger partial charge is 0.393 e. The average molecular weight is 211 g/mol. The van der Waals surface area contributed by atoms with E-state index in [2.05, 4.69) is 4.74 Å². The number of halogens is 1. The Hall–Kier alpha value is -1.35. The summed E-state index contributed by atoms with van der Waals surface area (Å²) < 4.78 is 4.45. The van der Waals surface area contributed by atoms with Crippen molar-refractivity contribution in [3.8, 4) is 0 Å². The molecule has 1 aromatic carbocycles.